The summed E-state index contributed by atoms with van der Waals surface area (Å²) >= 11 is 0. The van der Waals surface area contributed by atoms with Crippen LogP contribution in [0.3, 0.4) is 0 Å². The molecule has 5 heteroatoms. The second-order valence-corrected chi connectivity index (χ2v) is 7.40. The number of β-amino-alcohol motifs (C(OH)–C–C–N with tert-alkyl or cyclic N) is 1. The van der Waals surface area contributed by atoms with Crippen molar-refractivity contribution in [2.24, 2.45) is 11.8 Å². The van der Waals surface area contributed by atoms with E-state index in [1.807, 2.05) is 27.7 Å². The minimum atomic E-state index is -0.612. The number of rotatable bonds is 1. The van der Waals surface area contributed by atoms with Crippen LogP contribution in [0.1, 0.15) is 40.5 Å². The van der Waals surface area contributed by atoms with Gasteiger partial charge in [0.25, 0.3) is 0 Å². The highest BCUT2D eigenvalue weighted by Crippen LogP contribution is 2.35. The lowest BCUT2D eigenvalue weighted by Gasteiger charge is -2.38. The zero-order valence-electron chi connectivity index (χ0n) is 13.1. The molecule has 0 aliphatic carbocycles. The number of aliphatic hydroxyl groups is 1. The Balaban J connectivity index is 1.85. The molecular weight excluding hydrogens is 256 g/mol. The third kappa shape index (κ3) is 3.64. The van der Waals surface area contributed by atoms with Crippen molar-refractivity contribution in [3.63, 3.8) is 0 Å². The Kier molecular flexibility index (Phi) is 4.30. The summed E-state index contributed by atoms with van der Waals surface area (Å²) in [6.07, 6.45) is 1.68. The van der Waals surface area contributed by atoms with E-state index in [4.69, 9.17) is 4.74 Å². The quantitative estimate of drug-likeness (QED) is 0.768. The molecule has 0 aromatic rings. The van der Waals surface area contributed by atoms with E-state index < -0.39 is 11.2 Å². The number of piperidine rings is 1. The van der Waals surface area contributed by atoms with Gasteiger partial charge in [-0.1, -0.05) is 0 Å². The molecule has 0 radical (unpaired) electrons. The molecule has 0 aromatic heterocycles. The van der Waals surface area contributed by atoms with Crippen molar-refractivity contribution >= 4 is 6.09 Å². The predicted octanol–water partition coefficient (Wildman–Crippen LogP) is 1.60. The van der Waals surface area contributed by atoms with Crippen molar-refractivity contribution in [3.8, 4) is 0 Å². The van der Waals surface area contributed by atoms with Gasteiger partial charge in [0.2, 0.25) is 0 Å². The number of carbonyl (C=O) groups is 1. The highest BCUT2D eigenvalue weighted by Gasteiger charge is 2.42. The first-order chi connectivity index (χ1) is 9.19. The maximum Gasteiger partial charge on any atom is 0.410 e. The van der Waals surface area contributed by atoms with Gasteiger partial charge < -0.3 is 20.1 Å². The normalized spacial score (nSPS) is 32.5. The highest BCUT2D eigenvalue weighted by atomic mass is 16.6. The topological polar surface area (TPSA) is 61.8 Å². The summed E-state index contributed by atoms with van der Waals surface area (Å²) in [6, 6.07) is 0. The summed E-state index contributed by atoms with van der Waals surface area (Å²) in [6.45, 7) is 10.6. The predicted molar refractivity (Wildman–Crippen MR) is 77.5 cm³/mol. The summed E-state index contributed by atoms with van der Waals surface area (Å²) in [5, 5.41) is 13.6. The van der Waals surface area contributed by atoms with Crippen LogP contribution in [0.2, 0.25) is 0 Å². The number of ether oxygens (including phenoxy) is 1. The van der Waals surface area contributed by atoms with Crippen molar-refractivity contribution in [1.29, 1.82) is 0 Å². The lowest BCUT2D eigenvalue weighted by atomic mass is 9.77. The van der Waals surface area contributed by atoms with Crippen molar-refractivity contribution < 1.29 is 14.6 Å². The van der Waals surface area contributed by atoms with Crippen LogP contribution < -0.4 is 5.32 Å². The Morgan fingerprint density at radius 1 is 1.35 bits per heavy atom. The first-order valence-electron chi connectivity index (χ1n) is 7.60. The first-order valence-corrected chi connectivity index (χ1v) is 7.60. The maximum absolute atomic E-state index is 12.0. The van der Waals surface area contributed by atoms with Crippen molar-refractivity contribution in [1.82, 2.24) is 10.2 Å². The molecule has 2 aliphatic rings. The molecular formula is C15H28N2O3. The molecule has 20 heavy (non-hydrogen) atoms. The Hall–Kier alpha value is -0.810. The van der Waals surface area contributed by atoms with Gasteiger partial charge in [-0.3, -0.25) is 0 Å². The van der Waals surface area contributed by atoms with Crippen LogP contribution in [0.4, 0.5) is 4.79 Å². The minimum absolute atomic E-state index is 0.216. The molecule has 2 atom stereocenters. The average molecular weight is 284 g/mol. The van der Waals surface area contributed by atoms with Gasteiger partial charge in [0.05, 0.1) is 5.60 Å². The fraction of sp³-hybridized carbons (Fsp3) is 0.933. The monoisotopic (exact) mass is 284 g/mol. The molecule has 2 unspecified atom stereocenters. The number of nitrogens with zero attached hydrogens (tertiary/aromatic N) is 1. The van der Waals surface area contributed by atoms with Gasteiger partial charge in [-0.15, -0.1) is 0 Å². The van der Waals surface area contributed by atoms with Gasteiger partial charge in [-0.2, -0.15) is 0 Å². The molecule has 2 heterocycles. The number of nitrogens with one attached hydrogen (secondary N) is 1. The van der Waals surface area contributed by atoms with Crippen molar-refractivity contribution in [2.45, 2.75) is 51.7 Å². The van der Waals surface area contributed by atoms with Crippen LogP contribution in [0.5, 0.6) is 0 Å². The molecule has 0 bridgehead atoms. The number of hydrogen-bond donors (Lipinski definition) is 2. The smallest absolute Gasteiger partial charge is 0.410 e. The molecule has 0 aromatic carbocycles. The SMILES string of the molecule is CC(C)(C)OC(=O)N1CCC(C2CNCC2(C)O)CC1. The summed E-state index contributed by atoms with van der Waals surface area (Å²) in [5.74, 6) is 0.780. The van der Waals surface area contributed by atoms with Crippen LogP contribution >= 0.6 is 0 Å². The standard InChI is InChI=1S/C15H28N2O3/c1-14(2,3)20-13(18)17-7-5-11(6-8-17)12-9-16-10-15(12,4)19/h11-12,16,19H,5-10H2,1-4H3. The fourth-order valence-corrected chi connectivity index (χ4v) is 3.32. The van der Waals surface area contributed by atoms with Crippen LogP contribution in [0.25, 0.3) is 0 Å². The number of carbonyl (C=O) groups excluding carboxylic acids is 1. The van der Waals surface area contributed by atoms with Crippen molar-refractivity contribution in [2.75, 3.05) is 26.2 Å². The van der Waals surface area contributed by atoms with E-state index in [2.05, 4.69) is 5.32 Å². The van der Waals surface area contributed by atoms with Crippen molar-refractivity contribution in [3.05, 3.63) is 0 Å². The van der Waals surface area contributed by atoms with E-state index in [1.165, 1.54) is 0 Å². The summed E-state index contributed by atoms with van der Waals surface area (Å²) in [7, 11) is 0. The average Bonchev–Trinajstić information content (AvgIpc) is 2.67. The Morgan fingerprint density at radius 2 is 1.95 bits per heavy atom. The van der Waals surface area contributed by atoms with Crippen LogP contribution in [0.15, 0.2) is 0 Å². The fourth-order valence-electron chi connectivity index (χ4n) is 3.32. The van der Waals surface area contributed by atoms with E-state index in [-0.39, 0.29) is 6.09 Å². The molecule has 0 spiro atoms. The lowest BCUT2D eigenvalue weighted by Crippen LogP contribution is -2.46. The first kappa shape index (κ1) is 15.6. The van der Waals surface area contributed by atoms with Gasteiger partial charge >= 0.3 is 6.09 Å². The molecule has 2 N–H and O–H groups in total. The molecule has 2 saturated heterocycles. The number of amides is 1. The molecule has 116 valence electrons. The summed E-state index contributed by atoms with van der Waals surface area (Å²) < 4.78 is 5.40. The van der Waals surface area contributed by atoms with E-state index in [0.29, 0.717) is 18.4 Å². The molecule has 0 saturated carbocycles. The minimum Gasteiger partial charge on any atom is -0.444 e. The summed E-state index contributed by atoms with van der Waals surface area (Å²) in [5.41, 5.74) is -1.05. The summed E-state index contributed by atoms with van der Waals surface area (Å²) in [4.78, 5) is 13.8. The highest BCUT2D eigenvalue weighted by molar-refractivity contribution is 5.68. The number of likely N-dealkylation sites (tertiary alicyclic amines) is 1. The zero-order valence-corrected chi connectivity index (χ0v) is 13.1. The van der Waals surface area contributed by atoms with Gasteiger partial charge in [0, 0.05) is 32.1 Å². The van der Waals surface area contributed by atoms with E-state index >= 15 is 0 Å². The van der Waals surface area contributed by atoms with Gasteiger partial charge in [-0.25, -0.2) is 4.79 Å². The van der Waals surface area contributed by atoms with Crippen LogP contribution in [-0.4, -0.2) is 53.5 Å². The van der Waals surface area contributed by atoms with E-state index in [1.54, 1.807) is 4.90 Å². The largest absolute Gasteiger partial charge is 0.444 e. The molecule has 5 nitrogen and oxygen atoms in total. The van der Waals surface area contributed by atoms with Gasteiger partial charge in [0.15, 0.2) is 0 Å². The van der Waals surface area contributed by atoms with Crippen LogP contribution in [-0.2, 0) is 4.74 Å². The maximum atomic E-state index is 12.0. The zero-order chi connectivity index (χ0) is 15.0. The van der Waals surface area contributed by atoms with Crippen LogP contribution in [0, 0.1) is 11.8 Å². The van der Waals surface area contributed by atoms with Gasteiger partial charge in [0.1, 0.15) is 5.60 Å². The lowest BCUT2D eigenvalue weighted by molar-refractivity contribution is -0.0121. The Bertz CT molecular complexity index is 355. The third-order valence-corrected chi connectivity index (χ3v) is 4.41. The van der Waals surface area contributed by atoms with E-state index in [0.717, 1.165) is 32.5 Å². The molecule has 2 rings (SSSR count). The molecule has 2 aliphatic heterocycles. The third-order valence-electron chi connectivity index (χ3n) is 4.41. The van der Waals surface area contributed by atoms with Gasteiger partial charge in [-0.05, 0) is 46.5 Å². The second-order valence-electron chi connectivity index (χ2n) is 7.40. The Morgan fingerprint density at radius 3 is 2.40 bits per heavy atom. The molecule has 2 fully saturated rings. The Labute approximate surface area is 121 Å². The molecule has 1 amide bonds. The van der Waals surface area contributed by atoms with E-state index in [9.17, 15) is 9.90 Å². The second kappa shape index (κ2) is 5.53. The number of hydrogen-bond acceptors (Lipinski definition) is 4.